The largest absolute Gasteiger partial charge is 0.376 e. The third kappa shape index (κ3) is 4.12. The molecule has 1 atom stereocenters. The van der Waals surface area contributed by atoms with Crippen LogP contribution in [0.25, 0.3) is 0 Å². The van der Waals surface area contributed by atoms with Gasteiger partial charge >= 0.3 is 0 Å². The number of aryl methyl sites for hydroxylation is 2. The zero-order chi connectivity index (χ0) is 14.5. The number of benzene rings is 1. The molecular formula is C16H21N3O2. The Morgan fingerprint density at radius 3 is 2.90 bits per heavy atom. The summed E-state index contributed by atoms with van der Waals surface area (Å²) in [7, 11) is 0. The molecule has 1 aromatic carbocycles. The minimum absolute atomic E-state index is 0.284. The van der Waals surface area contributed by atoms with Gasteiger partial charge in [0.15, 0.2) is 5.82 Å². The highest BCUT2D eigenvalue weighted by Crippen LogP contribution is 2.14. The molecule has 112 valence electrons. The number of nitrogens with zero attached hydrogens (tertiary/aromatic N) is 3. The monoisotopic (exact) mass is 287 g/mol. The highest BCUT2D eigenvalue weighted by atomic mass is 16.5. The van der Waals surface area contributed by atoms with Crippen molar-refractivity contribution in [3.63, 3.8) is 0 Å². The van der Waals surface area contributed by atoms with Gasteiger partial charge in [0.05, 0.1) is 19.3 Å². The normalized spacial score (nSPS) is 19.8. The van der Waals surface area contributed by atoms with Gasteiger partial charge in [-0.15, -0.1) is 0 Å². The van der Waals surface area contributed by atoms with E-state index >= 15 is 0 Å². The molecule has 0 unspecified atom stereocenters. The van der Waals surface area contributed by atoms with Crippen molar-refractivity contribution >= 4 is 0 Å². The van der Waals surface area contributed by atoms with Crippen molar-refractivity contribution in [1.29, 1.82) is 0 Å². The quantitative estimate of drug-likeness (QED) is 0.844. The maximum Gasteiger partial charge on any atom is 0.223 e. The van der Waals surface area contributed by atoms with Crippen LogP contribution in [0.5, 0.6) is 0 Å². The van der Waals surface area contributed by atoms with Crippen LogP contribution in [0.2, 0.25) is 0 Å². The summed E-state index contributed by atoms with van der Waals surface area (Å²) < 4.78 is 10.9. The van der Waals surface area contributed by atoms with Crippen molar-refractivity contribution in [3.05, 3.63) is 47.6 Å². The van der Waals surface area contributed by atoms with E-state index in [1.165, 1.54) is 5.56 Å². The molecule has 0 saturated carbocycles. The Morgan fingerprint density at radius 2 is 2.14 bits per heavy atom. The van der Waals surface area contributed by atoms with E-state index < -0.39 is 0 Å². The fourth-order valence-electron chi connectivity index (χ4n) is 2.68. The molecule has 21 heavy (non-hydrogen) atoms. The minimum atomic E-state index is 0.284. The van der Waals surface area contributed by atoms with Crippen LogP contribution in [0.15, 0.2) is 34.9 Å². The fraction of sp³-hybridized carbons (Fsp3) is 0.500. The van der Waals surface area contributed by atoms with Crippen LogP contribution in [-0.4, -0.2) is 40.8 Å². The van der Waals surface area contributed by atoms with Gasteiger partial charge in [0, 0.05) is 20.0 Å². The van der Waals surface area contributed by atoms with Crippen LogP contribution < -0.4 is 0 Å². The summed E-state index contributed by atoms with van der Waals surface area (Å²) in [5.74, 6) is 1.38. The molecular weight excluding hydrogens is 266 g/mol. The molecule has 0 radical (unpaired) electrons. The van der Waals surface area contributed by atoms with Crippen molar-refractivity contribution < 1.29 is 9.26 Å². The zero-order valence-corrected chi connectivity index (χ0v) is 12.4. The first-order chi connectivity index (χ1) is 10.3. The molecule has 1 saturated heterocycles. The summed E-state index contributed by atoms with van der Waals surface area (Å²) in [6.45, 7) is 5.19. The highest BCUT2D eigenvalue weighted by Gasteiger charge is 2.21. The molecule has 1 aromatic heterocycles. The lowest BCUT2D eigenvalue weighted by molar-refractivity contribution is -0.0354. The van der Waals surface area contributed by atoms with Gasteiger partial charge in [0.1, 0.15) is 0 Å². The smallest absolute Gasteiger partial charge is 0.223 e. The van der Waals surface area contributed by atoms with Crippen molar-refractivity contribution in [1.82, 2.24) is 15.0 Å². The van der Waals surface area contributed by atoms with Crippen LogP contribution in [-0.2, 0) is 17.7 Å². The van der Waals surface area contributed by atoms with Gasteiger partial charge in [-0.1, -0.05) is 35.5 Å². The first-order valence-electron chi connectivity index (χ1n) is 7.46. The van der Waals surface area contributed by atoms with Gasteiger partial charge < -0.3 is 9.26 Å². The van der Waals surface area contributed by atoms with E-state index in [9.17, 15) is 0 Å². The summed E-state index contributed by atoms with van der Waals surface area (Å²) in [5, 5.41) is 3.96. The summed E-state index contributed by atoms with van der Waals surface area (Å²) in [6.07, 6.45) is 2.39. The van der Waals surface area contributed by atoms with Crippen LogP contribution in [0, 0.1) is 6.92 Å². The number of rotatable bonds is 5. The van der Waals surface area contributed by atoms with Crippen LogP contribution in [0.3, 0.4) is 0 Å². The Kier molecular flexibility index (Phi) is 4.62. The molecule has 1 fully saturated rings. The van der Waals surface area contributed by atoms with Gasteiger partial charge in [-0.2, -0.15) is 4.98 Å². The van der Waals surface area contributed by atoms with Crippen molar-refractivity contribution in [3.8, 4) is 0 Å². The van der Waals surface area contributed by atoms with Crippen LogP contribution in [0.1, 0.15) is 23.7 Å². The first-order valence-corrected chi connectivity index (χ1v) is 7.46. The fourth-order valence-corrected chi connectivity index (χ4v) is 2.68. The van der Waals surface area contributed by atoms with E-state index in [1.807, 2.05) is 6.92 Å². The maximum absolute atomic E-state index is 5.87. The third-order valence-electron chi connectivity index (χ3n) is 3.76. The van der Waals surface area contributed by atoms with Gasteiger partial charge in [-0.05, 0) is 18.4 Å². The Labute approximate surface area is 124 Å². The second kappa shape index (κ2) is 6.83. The molecule has 5 nitrogen and oxygen atoms in total. The Morgan fingerprint density at radius 1 is 1.29 bits per heavy atom. The topological polar surface area (TPSA) is 51.4 Å². The summed E-state index contributed by atoms with van der Waals surface area (Å²) in [5.41, 5.74) is 1.37. The number of morpholine rings is 1. The van der Waals surface area contributed by atoms with Gasteiger partial charge in [0.25, 0.3) is 0 Å². The first kappa shape index (κ1) is 14.2. The highest BCUT2D eigenvalue weighted by molar-refractivity contribution is 5.14. The summed E-state index contributed by atoms with van der Waals surface area (Å²) >= 11 is 0. The van der Waals surface area contributed by atoms with E-state index in [-0.39, 0.29) is 6.10 Å². The van der Waals surface area contributed by atoms with E-state index in [4.69, 9.17) is 9.26 Å². The van der Waals surface area contributed by atoms with Crippen LogP contribution >= 0.6 is 0 Å². The Hall–Kier alpha value is -1.72. The van der Waals surface area contributed by atoms with E-state index in [0.717, 1.165) is 44.9 Å². The predicted molar refractivity (Wildman–Crippen MR) is 78.8 cm³/mol. The van der Waals surface area contributed by atoms with Gasteiger partial charge in [-0.3, -0.25) is 4.90 Å². The number of hydrogen-bond acceptors (Lipinski definition) is 5. The molecule has 2 heterocycles. The molecule has 1 aliphatic rings. The average molecular weight is 287 g/mol. The average Bonchev–Trinajstić information content (AvgIpc) is 2.92. The predicted octanol–water partition coefficient (Wildman–Crippen LogP) is 2.21. The van der Waals surface area contributed by atoms with Crippen LogP contribution in [0.4, 0.5) is 0 Å². The molecule has 0 aliphatic carbocycles. The van der Waals surface area contributed by atoms with Crippen molar-refractivity contribution in [2.24, 2.45) is 0 Å². The van der Waals surface area contributed by atoms with Crippen molar-refractivity contribution in [2.75, 3.05) is 19.7 Å². The second-order valence-corrected chi connectivity index (χ2v) is 5.48. The molecule has 0 spiro atoms. The van der Waals surface area contributed by atoms with E-state index in [1.54, 1.807) is 0 Å². The number of hydrogen-bond donors (Lipinski definition) is 0. The van der Waals surface area contributed by atoms with E-state index in [2.05, 4.69) is 45.4 Å². The molecule has 0 amide bonds. The molecule has 2 aromatic rings. The minimum Gasteiger partial charge on any atom is -0.376 e. The lowest BCUT2D eigenvalue weighted by atomic mass is 10.1. The second-order valence-electron chi connectivity index (χ2n) is 5.48. The van der Waals surface area contributed by atoms with Gasteiger partial charge in [0.2, 0.25) is 5.89 Å². The third-order valence-corrected chi connectivity index (χ3v) is 3.76. The standard InChI is InChI=1S/C16H21N3O2/c1-13-17-16(18-21-13)12-19-9-10-20-15(11-19)8-7-14-5-3-2-4-6-14/h2-6,15H,7-12H2,1H3/t15-/m0/s1. The zero-order valence-electron chi connectivity index (χ0n) is 12.4. The molecule has 3 rings (SSSR count). The number of aromatic nitrogens is 2. The summed E-state index contributed by atoms with van der Waals surface area (Å²) in [6, 6.07) is 10.6. The lowest BCUT2D eigenvalue weighted by Gasteiger charge is -2.32. The molecule has 0 N–H and O–H groups in total. The lowest BCUT2D eigenvalue weighted by Crippen LogP contribution is -2.42. The van der Waals surface area contributed by atoms with E-state index in [0.29, 0.717) is 5.89 Å². The number of ether oxygens (including phenoxy) is 1. The Balaban J connectivity index is 1.49. The maximum atomic E-state index is 5.87. The van der Waals surface area contributed by atoms with Crippen molar-refractivity contribution in [2.45, 2.75) is 32.4 Å². The molecule has 5 heteroatoms. The SMILES string of the molecule is Cc1nc(CN2CCO[C@@H](CCc3ccccc3)C2)no1. The molecule has 1 aliphatic heterocycles. The Bertz CT molecular complexity index is 556. The summed E-state index contributed by atoms with van der Waals surface area (Å²) in [4.78, 5) is 6.60. The van der Waals surface area contributed by atoms with Gasteiger partial charge in [-0.25, -0.2) is 0 Å². The molecule has 0 bridgehead atoms.